The Balaban J connectivity index is 1.95. The van der Waals surface area contributed by atoms with Crippen LogP contribution in [0.1, 0.15) is 28.1 Å². The molecule has 0 bridgehead atoms. The van der Waals surface area contributed by atoms with Gasteiger partial charge in [-0.1, -0.05) is 29.8 Å². The van der Waals surface area contributed by atoms with E-state index in [-0.39, 0.29) is 5.91 Å². The smallest absolute Gasteiger partial charge is 0.244 e. The zero-order valence-corrected chi connectivity index (χ0v) is 13.0. The van der Waals surface area contributed by atoms with E-state index in [1.54, 1.807) is 6.08 Å². The molecule has 110 valence electrons. The highest BCUT2D eigenvalue weighted by molar-refractivity contribution is 5.91. The Kier molecular flexibility index (Phi) is 4.58. The first-order valence-electron chi connectivity index (χ1n) is 6.99. The Labute approximate surface area is 125 Å². The third-order valence-electron chi connectivity index (χ3n) is 3.55. The molecule has 0 atom stereocenters. The van der Waals surface area contributed by atoms with E-state index in [1.165, 1.54) is 5.56 Å². The Morgan fingerprint density at radius 3 is 2.48 bits per heavy atom. The second-order valence-electron chi connectivity index (χ2n) is 5.24. The number of nitrogens with one attached hydrogen (secondary N) is 1. The maximum absolute atomic E-state index is 11.9. The summed E-state index contributed by atoms with van der Waals surface area (Å²) in [6.45, 7) is 6.51. The third-order valence-corrected chi connectivity index (χ3v) is 3.55. The van der Waals surface area contributed by atoms with Crippen LogP contribution in [0.5, 0.6) is 0 Å². The van der Waals surface area contributed by atoms with Crippen LogP contribution in [0.4, 0.5) is 0 Å². The summed E-state index contributed by atoms with van der Waals surface area (Å²) in [6.07, 6.45) is 3.38. The molecule has 0 unspecified atom stereocenters. The summed E-state index contributed by atoms with van der Waals surface area (Å²) in [4.78, 5) is 11.9. The Morgan fingerprint density at radius 2 is 1.90 bits per heavy atom. The molecule has 4 heteroatoms. The summed E-state index contributed by atoms with van der Waals surface area (Å²) in [6, 6.07) is 8.13. The molecule has 0 aliphatic rings. The summed E-state index contributed by atoms with van der Waals surface area (Å²) in [7, 11) is 1.90. The number of benzene rings is 1. The predicted molar refractivity (Wildman–Crippen MR) is 84.7 cm³/mol. The van der Waals surface area contributed by atoms with Gasteiger partial charge in [-0.3, -0.25) is 9.48 Å². The SMILES string of the molecule is Cc1ccc(CNC(=O)C=Cc2c(C)nn(C)c2C)cc1. The van der Waals surface area contributed by atoms with Gasteiger partial charge in [-0.25, -0.2) is 0 Å². The van der Waals surface area contributed by atoms with Gasteiger partial charge in [-0.15, -0.1) is 0 Å². The van der Waals surface area contributed by atoms with Crippen LogP contribution in [0.15, 0.2) is 30.3 Å². The second-order valence-corrected chi connectivity index (χ2v) is 5.24. The highest BCUT2D eigenvalue weighted by Crippen LogP contribution is 2.13. The molecule has 0 saturated heterocycles. The van der Waals surface area contributed by atoms with E-state index in [1.807, 2.05) is 62.8 Å². The molecule has 0 aliphatic carbocycles. The van der Waals surface area contributed by atoms with Crippen molar-refractivity contribution in [1.29, 1.82) is 0 Å². The maximum Gasteiger partial charge on any atom is 0.244 e. The number of nitrogens with zero attached hydrogens (tertiary/aromatic N) is 2. The average molecular weight is 283 g/mol. The van der Waals surface area contributed by atoms with Gasteiger partial charge in [0, 0.05) is 30.9 Å². The molecule has 0 fully saturated rings. The minimum absolute atomic E-state index is 0.0989. The lowest BCUT2D eigenvalue weighted by Gasteiger charge is -2.03. The van der Waals surface area contributed by atoms with Crippen LogP contribution in [0.2, 0.25) is 0 Å². The van der Waals surface area contributed by atoms with Crippen LogP contribution in [-0.4, -0.2) is 15.7 Å². The molecule has 0 radical (unpaired) electrons. The van der Waals surface area contributed by atoms with Crippen molar-refractivity contribution in [1.82, 2.24) is 15.1 Å². The first-order chi connectivity index (χ1) is 9.97. The van der Waals surface area contributed by atoms with Gasteiger partial charge in [0.25, 0.3) is 0 Å². The van der Waals surface area contributed by atoms with Gasteiger partial charge in [0.1, 0.15) is 0 Å². The van der Waals surface area contributed by atoms with Crippen LogP contribution < -0.4 is 5.32 Å². The zero-order valence-electron chi connectivity index (χ0n) is 13.0. The molecule has 2 aromatic rings. The molecule has 1 aromatic carbocycles. The van der Waals surface area contributed by atoms with E-state index in [0.29, 0.717) is 6.54 Å². The number of carbonyl (C=O) groups excluding carboxylic acids is 1. The van der Waals surface area contributed by atoms with Gasteiger partial charge in [0.15, 0.2) is 0 Å². The predicted octanol–water partition coefficient (Wildman–Crippen LogP) is 2.67. The van der Waals surface area contributed by atoms with Crippen molar-refractivity contribution >= 4 is 12.0 Å². The fourth-order valence-electron chi connectivity index (χ4n) is 2.14. The van der Waals surface area contributed by atoms with Gasteiger partial charge in [0.2, 0.25) is 5.91 Å². The number of rotatable bonds is 4. The monoisotopic (exact) mass is 283 g/mol. The molecule has 1 heterocycles. The van der Waals surface area contributed by atoms with E-state index in [9.17, 15) is 4.79 Å². The van der Waals surface area contributed by atoms with Gasteiger partial charge in [-0.2, -0.15) is 5.10 Å². The molecule has 4 nitrogen and oxygen atoms in total. The quantitative estimate of drug-likeness (QED) is 0.877. The molecule has 0 spiro atoms. The summed E-state index contributed by atoms with van der Waals surface area (Å²) in [5, 5.41) is 7.21. The first-order valence-corrected chi connectivity index (χ1v) is 6.99. The van der Waals surface area contributed by atoms with E-state index in [0.717, 1.165) is 22.5 Å². The number of hydrogen-bond acceptors (Lipinski definition) is 2. The number of aromatic nitrogens is 2. The van der Waals surface area contributed by atoms with Crippen molar-refractivity contribution < 1.29 is 4.79 Å². The average Bonchev–Trinajstić information content (AvgIpc) is 2.69. The van der Waals surface area contributed by atoms with Crippen LogP contribution in [0, 0.1) is 20.8 Å². The van der Waals surface area contributed by atoms with Crippen LogP contribution in [0.25, 0.3) is 6.08 Å². The fourth-order valence-corrected chi connectivity index (χ4v) is 2.14. The zero-order chi connectivity index (χ0) is 15.4. The highest BCUT2D eigenvalue weighted by atomic mass is 16.1. The molecular formula is C17H21N3O. The highest BCUT2D eigenvalue weighted by Gasteiger charge is 2.06. The van der Waals surface area contributed by atoms with Gasteiger partial charge in [0.05, 0.1) is 5.69 Å². The molecule has 1 N–H and O–H groups in total. The summed E-state index contributed by atoms with van der Waals surface area (Å²) >= 11 is 0. The minimum atomic E-state index is -0.0989. The molecule has 21 heavy (non-hydrogen) atoms. The van der Waals surface area contributed by atoms with Gasteiger partial charge >= 0.3 is 0 Å². The van der Waals surface area contributed by atoms with Crippen molar-refractivity contribution in [2.45, 2.75) is 27.3 Å². The molecule has 2 rings (SSSR count). The van der Waals surface area contributed by atoms with E-state index in [4.69, 9.17) is 0 Å². The third kappa shape index (κ3) is 3.81. The summed E-state index contributed by atoms with van der Waals surface area (Å²) in [5.41, 5.74) is 5.29. The van der Waals surface area contributed by atoms with Crippen LogP contribution in [0.3, 0.4) is 0 Å². The fraction of sp³-hybridized carbons (Fsp3) is 0.294. The van der Waals surface area contributed by atoms with Crippen molar-refractivity contribution in [2.24, 2.45) is 7.05 Å². The van der Waals surface area contributed by atoms with Crippen molar-refractivity contribution in [3.05, 3.63) is 58.4 Å². The molecule has 1 aromatic heterocycles. The minimum Gasteiger partial charge on any atom is -0.348 e. The van der Waals surface area contributed by atoms with Crippen LogP contribution in [-0.2, 0) is 18.4 Å². The normalized spacial score (nSPS) is 11.0. The Hall–Kier alpha value is -2.36. The maximum atomic E-state index is 11.9. The lowest BCUT2D eigenvalue weighted by atomic mass is 10.1. The standard InChI is InChI=1S/C17H21N3O/c1-12-5-7-15(8-6-12)11-18-17(21)10-9-16-13(2)19-20(4)14(16)3/h5-10H,11H2,1-4H3,(H,18,21). The molecule has 1 amide bonds. The van der Waals surface area contributed by atoms with Gasteiger partial charge in [-0.05, 0) is 32.4 Å². The first kappa shape index (κ1) is 15.0. The van der Waals surface area contributed by atoms with Crippen molar-refractivity contribution in [3.63, 3.8) is 0 Å². The van der Waals surface area contributed by atoms with Crippen molar-refractivity contribution in [3.8, 4) is 0 Å². The lowest BCUT2D eigenvalue weighted by Crippen LogP contribution is -2.20. The summed E-state index contributed by atoms with van der Waals surface area (Å²) in [5.74, 6) is -0.0989. The Morgan fingerprint density at radius 1 is 1.24 bits per heavy atom. The number of amides is 1. The number of carbonyl (C=O) groups is 1. The number of aryl methyl sites for hydroxylation is 3. The number of hydrogen-bond donors (Lipinski definition) is 1. The van der Waals surface area contributed by atoms with Crippen molar-refractivity contribution in [2.75, 3.05) is 0 Å². The lowest BCUT2D eigenvalue weighted by molar-refractivity contribution is -0.116. The largest absolute Gasteiger partial charge is 0.348 e. The molecule has 0 aliphatic heterocycles. The molecular weight excluding hydrogens is 262 g/mol. The second kappa shape index (κ2) is 6.39. The molecule has 0 saturated carbocycles. The van der Waals surface area contributed by atoms with E-state index in [2.05, 4.69) is 10.4 Å². The van der Waals surface area contributed by atoms with E-state index < -0.39 is 0 Å². The Bertz CT molecular complexity index is 666. The summed E-state index contributed by atoms with van der Waals surface area (Å²) < 4.78 is 1.82. The van der Waals surface area contributed by atoms with Gasteiger partial charge < -0.3 is 5.32 Å². The topological polar surface area (TPSA) is 46.9 Å². The van der Waals surface area contributed by atoms with Crippen LogP contribution >= 0.6 is 0 Å². The van der Waals surface area contributed by atoms with E-state index >= 15 is 0 Å².